The second-order valence-electron chi connectivity index (χ2n) is 12.0. The summed E-state index contributed by atoms with van der Waals surface area (Å²) in [4.78, 5) is 27.2. The van der Waals surface area contributed by atoms with Crippen molar-refractivity contribution >= 4 is 45.2 Å². The highest BCUT2D eigenvalue weighted by atomic mass is 127. The minimum atomic E-state index is -1.25. The minimum absolute atomic E-state index is 0.0139. The highest BCUT2D eigenvalue weighted by Crippen LogP contribution is 2.42. The molecule has 4 aromatic heterocycles. The second kappa shape index (κ2) is 20.7. The van der Waals surface area contributed by atoms with Crippen LogP contribution in [0.15, 0.2) is 139 Å². The van der Waals surface area contributed by atoms with Crippen LogP contribution in [0.25, 0.3) is 82.6 Å². The summed E-state index contributed by atoms with van der Waals surface area (Å²) < 4.78 is 24.6. The molecule has 61 heavy (non-hydrogen) atoms. The predicted molar refractivity (Wildman–Crippen MR) is 238 cm³/mol. The third-order valence-corrected chi connectivity index (χ3v) is 9.13. The lowest BCUT2D eigenvalue weighted by Crippen LogP contribution is -1.91. The summed E-state index contributed by atoms with van der Waals surface area (Å²) in [6.07, 6.45) is -1.25. The van der Waals surface area contributed by atoms with Gasteiger partial charge in [0.15, 0.2) is 5.76 Å². The number of hydrogen-bond acceptors (Lipinski definition) is 11. The van der Waals surface area contributed by atoms with Gasteiger partial charge in [-0.25, -0.2) is 44.4 Å². The van der Waals surface area contributed by atoms with E-state index in [0.717, 1.165) is 22.5 Å². The lowest BCUT2D eigenvalue weighted by Gasteiger charge is -2.01. The Labute approximate surface area is 376 Å². The SMILES string of the molecule is Ic1nc(-c2ccccc2)c(-c2oc(I)nc2-c2ccccc2)o1.[C-]#[N+]C([N+]#[C-])c1nc(-c2ccccc2)c(-c2oc(C(C#N)C#N)nc2-c2ccccc2)o1.[C-]#[N+]CC#N. The lowest BCUT2D eigenvalue weighted by atomic mass is 10.1. The Balaban J connectivity index is 0.000000189. The molecule has 0 bridgehead atoms. The van der Waals surface area contributed by atoms with E-state index >= 15 is 0 Å². The van der Waals surface area contributed by atoms with Gasteiger partial charge in [-0.1, -0.05) is 121 Å². The third-order valence-electron chi connectivity index (χ3n) is 8.21. The van der Waals surface area contributed by atoms with E-state index in [2.05, 4.69) is 79.7 Å². The zero-order valence-electron chi connectivity index (χ0n) is 31.3. The van der Waals surface area contributed by atoms with Crippen LogP contribution >= 0.6 is 45.2 Å². The first-order valence-corrected chi connectivity index (χ1v) is 19.8. The van der Waals surface area contributed by atoms with Crippen molar-refractivity contribution in [1.82, 2.24) is 19.9 Å². The standard InChI is InChI=1S/C24H12N6O2.C18H10I2N2O2.C3H2N2/c1-27-22(28-2)24-30-19(16-11-7-4-8-12-16)21(32-24)20-18(15-9-5-3-6-10-15)29-23(31-20)17(13-25)14-26;19-17-21-13(11-7-3-1-4-8-11)15(23-17)16-14(22-18(20)24-16)12-9-5-2-6-10-12;1-5-3-2-4/h3-12,17,22H;1-10H;3H2. The summed E-state index contributed by atoms with van der Waals surface area (Å²) in [5.41, 5.74) is 5.54. The number of halogens is 2. The van der Waals surface area contributed by atoms with E-state index < -0.39 is 12.1 Å². The normalized spacial score (nSPS) is 10.1. The third kappa shape index (κ3) is 10.1. The number of benzene rings is 4. The van der Waals surface area contributed by atoms with Crippen LogP contribution in [-0.2, 0) is 0 Å². The predicted octanol–water partition coefficient (Wildman–Crippen LogP) is 11.9. The Morgan fingerprint density at radius 3 is 1.13 bits per heavy atom. The average molecular weight is 1020 g/mol. The van der Waals surface area contributed by atoms with Crippen LogP contribution in [0.3, 0.4) is 0 Å². The molecule has 14 nitrogen and oxygen atoms in total. The number of hydrogen-bond donors (Lipinski definition) is 0. The second-order valence-corrected chi connectivity index (χ2v) is 13.9. The number of rotatable bonds is 8. The van der Waals surface area contributed by atoms with Gasteiger partial charge in [0.2, 0.25) is 29.1 Å². The molecule has 0 aliphatic heterocycles. The van der Waals surface area contributed by atoms with E-state index in [9.17, 15) is 10.5 Å². The van der Waals surface area contributed by atoms with Crippen molar-refractivity contribution in [2.24, 2.45) is 0 Å². The first-order chi connectivity index (χ1) is 29.8. The summed E-state index contributed by atoms with van der Waals surface area (Å²) in [7, 11) is 0. The van der Waals surface area contributed by atoms with Crippen LogP contribution in [0.5, 0.6) is 0 Å². The fraction of sp³-hybridized carbons (Fsp3) is 0.0667. The van der Waals surface area contributed by atoms with Crippen molar-refractivity contribution in [1.29, 1.82) is 15.8 Å². The Morgan fingerprint density at radius 1 is 0.492 bits per heavy atom. The van der Waals surface area contributed by atoms with Crippen molar-refractivity contribution in [2.75, 3.05) is 6.54 Å². The molecule has 0 N–H and O–H groups in total. The van der Waals surface area contributed by atoms with Gasteiger partial charge in [-0.05, 0) is 0 Å². The molecular formula is C45H24I2N10O4. The van der Waals surface area contributed by atoms with Crippen LogP contribution in [-0.4, -0.2) is 26.5 Å². The molecule has 0 saturated heterocycles. The van der Waals surface area contributed by atoms with Crippen molar-refractivity contribution < 1.29 is 17.7 Å². The topological polar surface area (TPSA) is 189 Å². The highest BCUT2D eigenvalue weighted by molar-refractivity contribution is 14.1. The average Bonchev–Trinajstić information content (AvgIpc) is 4.12. The van der Waals surface area contributed by atoms with Gasteiger partial charge < -0.3 is 22.5 Å². The van der Waals surface area contributed by atoms with Crippen molar-refractivity contribution in [3.8, 4) is 86.3 Å². The Hall–Kier alpha value is -7.88. The first kappa shape index (κ1) is 42.7. The van der Waals surface area contributed by atoms with Crippen LogP contribution in [0, 0.1) is 61.5 Å². The summed E-state index contributed by atoms with van der Waals surface area (Å²) in [6.45, 7) is 20.5. The number of aromatic nitrogens is 4. The van der Waals surface area contributed by atoms with E-state index in [0.29, 0.717) is 41.8 Å². The zero-order chi connectivity index (χ0) is 43.1. The van der Waals surface area contributed by atoms with Gasteiger partial charge in [0.05, 0.1) is 12.1 Å². The first-order valence-electron chi connectivity index (χ1n) is 17.6. The molecule has 8 rings (SSSR count). The van der Waals surface area contributed by atoms with Gasteiger partial charge in [0, 0.05) is 67.4 Å². The molecule has 0 unspecified atom stereocenters. The Morgan fingerprint density at radius 2 is 0.820 bits per heavy atom. The van der Waals surface area contributed by atoms with Crippen molar-refractivity contribution in [3.63, 3.8) is 0 Å². The summed E-state index contributed by atoms with van der Waals surface area (Å²) in [5, 5.41) is 26.2. The monoisotopic (exact) mass is 1020 g/mol. The molecule has 0 spiro atoms. The van der Waals surface area contributed by atoms with E-state index in [1.54, 1.807) is 18.2 Å². The van der Waals surface area contributed by atoms with Gasteiger partial charge in [0.1, 0.15) is 28.8 Å². The molecular weight excluding hydrogens is 998 g/mol. The smallest absolute Gasteiger partial charge is 0.434 e. The molecule has 0 saturated carbocycles. The Kier molecular flexibility index (Phi) is 14.5. The van der Waals surface area contributed by atoms with Crippen LogP contribution in [0.1, 0.15) is 23.9 Å². The molecule has 8 aromatic rings. The van der Waals surface area contributed by atoms with E-state index in [4.69, 9.17) is 42.6 Å². The van der Waals surface area contributed by atoms with E-state index in [-0.39, 0.29) is 29.8 Å². The van der Waals surface area contributed by atoms with Gasteiger partial charge in [-0.2, -0.15) is 20.8 Å². The number of nitrogens with zero attached hydrogens (tertiary/aromatic N) is 10. The quantitative estimate of drug-likeness (QED) is 0.0800. The molecule has 0 fully saturated rings. The fourth-order valence-electron chi connectivity index (χ4n) is 5.59. The van der Waals surface area contributed by atoms with Gasteiger partial charge in [0.25, 0.3) is 14.3 Å². The zero-order valence-corrected chi connectivity index (χ0v) is 35.6. The van der Waals surface area contributed by atoms with Crippen LogP contribution < -0.4 is 0 Å². The fourth-order valence-corrected chi connectivity index (χ4v) is 6.51. The molecule has 4 heterocycles. The van der Waals surface area contributed by atoms with E-state index in [1.807, 2.05) is 121 Å². The van der Waals surface area contributed by atoms with Gasteiger partial charge in [-0.15, -0.1) is 0 Å². The molecule has 0 amide bonds. The number of nitriles is 3. The molecule has 0 aliphatic carbocycles. The summed E-state index contributed by atoms with van der Waals surface area (Å²) in [5.74, 6) is 0.155. The maximum atomic E-state index is 9.32. The molecule has 16 heteroatoms. The summed E-state index contributed by atoms with van der Waals surface area (Å²) in [6, 6.07) is 43.4. The maximum absolute atomic E-state index is 9.32. The molecule has 0 aliphatic rings. The van der Waals surface area contributed by atoms with Gasteiger partial charge in [-0.3, -0.25) is 0 Å². The highest BCUT2D eigenvalue weighted by Gasteiger charge is 2.34. The minimum Gasteiger partial charge on any atom is -0.434 e. The van der Waals surface area contributed by atoms with Gasteiger partial charge >= 0.3 is 12.1 Å². The molecule has 0 atom stereocenters. The van der Waals surface area contributed by atoms with Crippen molar-refractivity contribution in [2.45, 2.75) is 12.1 Å². The van der Waals surface area contributed by atoms with E-state index in [1.165, 1.54) is 0 Å². The summed E-state index contributed by atoms with van der Waals surface area (Å²) >= 11 is 4.14. The molecule has 0 radical (unpaired) electrons. The number of oxazole rings is 4. The van der Waals surface area contributed by atoms with Crippen LogP contribution in [0.2, 0.25) is 0 Å². The Bertz CT molecular complexity index is 2780. The molecule has 292 valence electrons. The van der Waals surface area contributed by atoms with Crippen LogP contribution in [0.4, 0.5) is 0 Å². The largest absolute Gasteiger partial charge is 0.553 e. The maximum Gasteiger partial charge on any atom is 0.553 e. The van der Waals surface area contributed by atoms with Crippen molar-refractivity contribution in [3.05, 3.63) is 175 Å². The lowest BCUT2D eigenvalue weighted by molar-refractivity contribution is 0.463. The molecule has 4 aromatic carbocycles.